The SMILES string of the molecule is Cc1cc2nc(C3CCCN3)cc(=O)n2[nH]1. The monoisotopic (exact) mass is 218 g/mol. The molecule has 0 aromatic carbocycles. The first kappa shape index (κ1) is 9.59. The van der Waals surface area contributed by atoms with Gasteiger partial charge in [0, 0.05) is 23.9 Å². The summed E-state index contributed by atoms with van der Waals surface area (Å²) in [5.41, 5.74) is 2.47. The summed E-state index contributed by atoms with van der Waals surface area (Å²) in [7, 11) is 0. The van der Waals surface area contributed by atoms with Gasteiger partial charge in [-0.05, 0) is 26.3 Å². The topological polar surface area (TPSA) is 62.2 Å². The Balaban J connectivity index is 2.16. The number of aromatic amines is 1. The Kier molecular flexibility index (Phi) is 2.07. The summed E-state index contributed by atoms with van der Waals surface area (Å²) < 4.78 is 1.48. The Bertz CT molecular complexity index is 577. The van der Waals surface area contributed by atoms with Crippen LogP contribution in [0.4, 0.5) is 0 Å². The Morgan fingerprint density at radius 1 is 1.50 bits per heavy atom. The van der Waals surface area contributed by atoms with Crippen molar-refractivity contribution in [2.45, 2.75) is 25.8 Å². The fourth-order valence-corrected chi connectivity index (χ4v) is 2.25. The average Bonchev–Trinajstić information content (AvgIpc) is 2.84. The van der Waals surface area contributed by atoms with E-state index in [1.165, 1.54) is 4.52 Å². The van der Waals surface area contributed by atoms with Crippen molar-refractivity contribution >= 4 is 5.65 Å². The van der Waals surface area contributed by atoms with Gasteiger partial charge in [0.2, 0.25) is 0 Å². The van der Waals surface area contributed by atoms with Crippen LogP contribution in [0.15, 0.2) is 16.9 Å². The van der Waals surface area contributed by atoms with Crippen molar-refractivity contribution in [3.05, 3.63) is 33.9 Å². The van der Waals surface area contributed by atoms with Crippen LogP contribution in [-0.4, -0.2) is 21.1 Å². The summed E-state index contributed by atoms with van der Waals surface area (Å²) in [4.78, 5) is 16.3. The number of fused-ring (bicyclic) bond motifs is 1. The lowest BCUT2D eigenvalue weighted by Gasteiger charge is -2.08. The highest BCUT2D eigenvalue weighted by molar-refractivity contribution is 5.39. The summed E-state index contributed by atoms with van der Waals surface area (Å²) >= 11 is 0. The zero-order chi connectivity index (χ0) is 11.1. The zero-order valence-corrected chi connectivity index (χ0v) is 9.16. The molecule has 16 heavy (non-hydrogen) atoms. The van der Waals surface area contributed by atoms with Crippen LogP contribution in [0, 0.1) is 6.92 Å². The van der Waals surface area contributed by atoms with Gasteiger partial charge in [-0.15, -0.1) is 0 Å². The first-order valence-corrected chi connectivity index (χ1v) is 5.57. The van der Waals surface area contributed by atoms with E-state index in [-0.39, 0.29) is 11.6 Å². The summed E-state index contributed by atoms with van der Waals surface area (Å²) in [6.45, 7) is 2.93. The molecule has 2 aromatic heterocycles. The van der Waals surface area contributed by atoms with Crippen LogP contribution in [0.5, 0.6) is 0 Å². The van der Waals surface area contributed by atoms with Gasteiger partial charge in [-0.3, -0.25) is 9.89 Å². The number of nitrogens with zero attached hydrogens (tertiary/aromatic N) is 2. The quantitative estimate of drug-likeness (QED) is 0.742. The molecule has 1 fully saturated rings. The van der Waals surface area contributed by atoms with Crippen LogP contribution in [0.2, 0.25) is 0 Å². The maximum absolute atomic E-state index is 11.8. The molecule has 1 aliphatic rings. The van der Waals surface area contributed by atoms with Crippen LogP contribution in [0.3, 0.4) is 0 Å². The lowest BCUT2D eigenvalue weighted by atomic mass is 10.1. The Morgan fingerprint density at radius 2 is 2.38 bits per heavy atom. The predicted octanol–water partition coefficient (Wildman–Crippen LogP) is 0.756. The largest absolute Gasteiger partial charge is 0.309 e. The lowest BCUT2D eigenvalue weighted by Crippen LogP contribution is -2.20. The molecular weight excluding hydrogens is 204 g/mol. The maximum Gasteiger partial charge on any atom is 0.272 e. The molecule has 0 bridgehead atoms. The Morgan fingerprint density at radius 3 is 3.12 bits per heavy atom. The second kappa shape index (κ2) is 3.45. The second-order valence-electron chi connectivity index (χ2n) is 4.30. The minimum atomic E-state index is -0.0400. The second-order valence-corrected chi connectivity index (χ2v) is 4.30. The molecule has 2 aromatic rings. The number of aromatic nitrogens is 3. The van der Waals surface area contributed by atoms with Gasteiger partial charge in [-0.2, -0.15) is 0 Å². The van der Waals surface area contributed by atoms with Crippen LogP contribution < -0.4 is 10.9 Å². The molecule has 5 heteroatoms. The van der Waals surface area contributed by atoms with Gasteiger partial charge in [-0.1, -0.05) is 0 Å². The van der Waals surface area contributed by atoms with Gasteiger partial charge >= 0.3 is 0 Å². The molecule has 3 rings (SSSR count). The average molecular weight is 218 g/mol. The van der Waals surface area contributed by atoms with Gasteiger partial charge < -0.3 is 5.32 Å². The molecule has 3 heterocycles. The third kappa shape index (κ3) is 1.44. The zero-order valence-electron chi connectivity index (χ0n) is 9.16. The molecule has 5 nitrogen and oxygen atoms in total. The minimum Gasteiger partial charge on any atom is -0.309 e. The Hall–Kier alpha value is -1.62. The van der Waals surface area contributed by atoms with E-state index in [0.717, 1.165) is 30.8 Å². The van der Waals surface area contributed by atoms with E-state index in [0.29, 0.717) is 5.65 Å². The first-order valence-electron chi connectivity index (χ1n) is 5.57. The highest BCUT2D eigenvalue weighted by Gasteiger charge is 2.18. The van der Waals surface area contributed by atoms with Crippen molar-refractivity contribution < 1.29 is 0 Å². The van der Waals surface area contributed by atoms with Crippen LogP contribution >= 0.6 is 0 Å². The normalized spacial score (nSPS) is 20.7. The summed E-state index contributed by atoms with van der Waals surface area (Å²) in [5.74, 6) is 0. The standard InChI is InChI=1S/C11H14N4O/c1-7-5-10-13-9(8-3-2-4-12-8)6-11(16)15(10)14-7/h5-6,8,12,14H,2-4H2,1H3. The van der Waals surface area contributed by atoms with E-state index < -0.39 is 0 Å². The van der Waals surface area contributed by atoms with E-state index in [2.05, 4.69) is 15.4 Å². The lowest BCUT2D eigenvalue weighted by molar-refractivity contribution is 0.624. The van der Waals surface area contributed by atoms with Crippen LogP contribution in [0.25, 0.3) is 5.65 Å². The van der Waals surface area contributed by atoms with Crippen LogP contribution in [0.1, 0.15) is 30.3 Å². The van der Waals surface area contributed by atoms with Crippen molar-refractivity contribution in [1.29, 1.82) is 0 Å². The molecule has 0 radical (unpaired) electrons. The van der Waals surface area contributed by atoms with Gasteiger partial charge in [-0.25, -0.2) is 9.50 Å². The highest BCUT2D eigenvalue weighted by Crippen LogP contribution is 2.20. The van der Waals surface area contributed by atoms with Crippen molar-refractivity contribution in [2.75, 3.05) is 6.54 Å². The Labute approximate surface area is 92.5 Å². The number of aryl methyl sites for hydroxylation is 1. The van der Waals surface area contributed by atoms with Gasteiger partial charge in [0.15, 0.2) is 5.65 Å². The van der Waals surface area contributed by atoms with E-state index in [1.807, 2.05) is 13.0 Å². The molecule has 0 saturated carbocycles. The summed E-state index contributed by atoms with van der Waals surface area (Å²) in [6.07, 6.45) is 2.21. The third-order valence-corrected chi connectivity index (χ3v) is 3.02. The van der Waals surface area contributed by atoms with Crippen LogP contribution in [-0.2, 0) is 0 Å². The van der Waals surface area contributed by atoms with E-state index in [4.69, 9.17) is 0 Å². The number of hydrogen-bond acceptors (Lipinski definition) is 3. The number of H-pyrrole nitrogens is 1. The first-order chi connectivity index (χ1) is 7.74. The predicted molar refractivity (Wildman–Crippen MR) is 60.5 cm³/mol. The molecule has 0 spiro atoms. The van der Waals surface area contributed by atoms with E-state index in [1.54, 1.807) is 6.07 Å². The third-order valence-electron chi connectivity index (χ3n) is 3.02. The number of nitrogens with one attached hydrogen (secondary N) is 2. The van der Waals surface area contributed by atoms with E-state index >= 15 is 0 Å². The van der Waals surface area contributed by atoms with Crippen molar-refractivity contribution in [2.24, 2.45) is 0 Å². The smallest absolute Gasteiger partial charge is 0.272 e. The van der Waals surface area contributed by atoms with Gasteiger partial charge in [0.05, 0.1) is 5.69 Å². The molecule has 0 aliphatic carbocycles. The van der Waals surface area contributed by atoms with Crippen molar-refractivity contribution in [3.63, 3.8) is 0 Å². The van der Waals surface area contributed by atoms with Gasteiger partial charge in [0.1, 0.15) is 0 Å². The summed E-state index contributed by atoms with van der Waals surface area (Å²) in [5, 5.41) is 6.32. The fourth-order valence-electron chi connectivity index (χ4n) is 2.25. The molecule has 1 aliphatic heterocycles. The van der Waals surface area contributed by atoms with E-state index in [9.17, 15) is 4.79 Å². The molecule has 1 atom stereocenters. The number of hydrogen-bond donors (Lipinski definition) is 2. The fraction of sp³-hybridized carbons (Fsp3) is 0.455. The molecular formula is C11H14N4O. The molecule has 0 amide bonds. The molecule has 84 valence electrons. The summed E-state index contributed by atoms with van der Waals surface area (Å²) in [6, 6.07) is 3.75. The van der Waals surface area contributed by atoms with Gasteiger partial charge in [0.25, 0.3) is 5.56 Å². The highest BCUT2D eigenvalue weighted by atomic mass is 16.1. The molecule has 1 saturated heterocycles. The molecule has 2 N–H and O–H groups in total. The minimum absolute atomic E-state index is 0.0400. The van der Waals surface area contributed by atoms with Crippen molar-refractivity contribution in [3.8, 4) is 0 Å². The van der Waals surface area contributed by atoms with Crippen molar-refractivity contribution in [1.82, 2.24) is 19.9 Å². The molecule has 1 unspecified atom stereocenters. The number of rotatable bonds is 1. The maximum atomic E-state index is 11.8.